The first-order valence-electron chi connectivity index (χ1n) is 5.45. The third kappa shape index (κ3) is 2.79. The van der Waals surface area contributed by atoms with Gasteiger partial charge in [-0.25, -0.2) is 4.79 Å². The van der Waals surface area contributed by atoms with E-state index in [0.29, 0.717) is 15.8 Å². The SMILES string of the molecule is O=C(O)C(O)c1cc(Br)ccc1OC1CCC1. The lowest BCUT2D eigenvalue weighted by molar-refractivity contribution is -0.147. The molecule has 0 aromatic heterocycles. The molecule has 1 saturated carbocycles. The Morgan fingerprint density at radius 2 is 2.18 bits per heavy atom. The van der Waals surface area contributed by atoms with Crippen LogP contribution in [0.25, 0.3) is 0 Å². The molecule has 1 aromatic rings. The molecule has 4 nitrogen and oxygen atoms in total. The number of rotatable bonds is 4. The highest BCUT2D eigenvalue weighted by Crippen LogP contribution is 2.32. The van der Waals surface area contributed by atoms with Crippen molar-refractivity contribution in [3.05, 3.63) is 28.2 Å². The summed E-state index contributed by atoms with van der Waals surface area (Å²) < 4.78 is 6.38. The first kappa shape index (κ1) is 12.4. The van der Waals surface area contributed by atoms with Crippen molar-refractivity contribution >= 4 is 21.9 Å². The van der Waals surface area contributed by atoms with Gasteiger partial charge in [0.2, 0.25) is 0 Å². The van der Waals surface area contributed by atoms with Gasteiger partial charge < -0.3 is 14.9 Å². The Morgan fingerprint density at radius 3 is 2.71 bits per heavy atom. The third-order valence-corrected chi connectivity index (χ3v) is 3.34. The average Bonchev–Trinajstić information content (AvgIpc) is 2.23. The van der Waals surface area contributed by atoms with Crippen molar-refractivity contribution in [1.82, 2.24) is 0 Å². The first-order chi connectivity index (χ1) is 8.08. The minimum absolute atomic E-state index is 0.149. The van der Waals surface area contributed by atoms with Crippen molar-refractivity contribution in [2.75, 3.05) is 0 Å². The van der Waals surface area contributed by atoms with E-state index >= 15 is 0 Å². The fourth-order valence-electron chi connectivity index (χ4n) is 1.64. The van der Waals surface area contributed by atoms with E-state index in [9.17, 15) is 9.90 Å². The molecule has 17 heavy (non-hydrogen) atoms. The summed E-state index contributed by atoms with van der Waals surface area (Å²) in [4.78, 5) is 10.8. The van der Waals surface area contributed by atoms with Crippen LogP contribution < -0.4 is 4.74 Å². The van der Waals surface area contributed by atoms with Crippen LogP contribution in [0.4, 0.5) is 0 Å². The minimum Gasteiger partial charge on any atom is -0.490 e. The number of benzene rings is 1. The van der Waals surface area contributed by atoms with Crippen molar-refractivity contribution in [3.8, 4) is 5.75 Å². The highest BCUT2D eigenvalue weighted by atomic mass is 79.9. The highest BCUT2D eigenvalue weighted by Gasteiger charge is 2.25. The molecule has 0 bridgehead atoms. The molecular formula is C12H13BrO4. The van der Waals surface area contributed by atoms with Gasteiger partial charge in [-0.05, 0) is 37.5 Å². The van der Waals surface area contributed by atoms with E-state index in [-0.39, 0.29) is 6.10 Å². The predicted molar refractivity (Wildman–Crippen MR) is 65.0 cm³/mol. The monoisotopic (exact) mass is 300 g/mol. The summed E-state index contributed by atoms with van der Waals surface area (Å²) in [6.07, 6.45) is 1.70. The fraction of sp³-hybridized carbons (Fsp3) is 0.417. The molecule has 0 amide bonds. The van der Waals surface area contributed by atoms with Crippen molar-refractivity contribution in [1.29, 1.82) is 0 Å². The van der Waals surface area contributed by atoms with Gasteiger partial charge in [0.25, 0.3) is 0 Å². The van der Waals surface area contributed by atoms with Crippen LogP contribution in [0.5, 0.6) is 5.75 Å². The molecular weight excluding hydrogens is 288 g/mol. The summed E-state index contributed by atoms with van der Waals surface area (Å²) in [7, 11) is 0. The van der Waals surface area contributed by atoms with Gasteiger partial charge in [-0.3, -0.25) is 0 Å². The molecule has 1 unspecified atom stereocenters. The molecule has 2 rings (SSSR count). The third-order valence-electron chi connectivity index (χ3n) is 2.85. The zero-order valence-electron chi connectivity index (χ0n) is 9.10. The number of hydrogen-bond donors (Lipinski definition) is 2. The summed E-state index contributed by atoms with van der Waals surface area (Å²) in [6.45, 7) is 0. The van der Waals surface area contributed by atoms with Crippen LogP contribution in [-0.2, 0) is 4.79 Å². The van der Waals surface area contributed by atoms with E-state index in [4.69, 9.17) is 9.84 Å². The van der Waals surface area contributed by atoms with Gasteiger partial charge in [0.15, 0.2) is 6.10 Å². The maximum absolute atomic E-state index is 10.8. The van der Waals surface area contributed by atoms with Crippen LogP contribution >= 0.6 is 15.9 Å². The van der Waals surface area contributed by atoms with Gasteiger partial charge in [0.1, 0.15) is 5.75 Å². The molecule has 0 heterocycles. The van der Waals surface area contributed by atoms with Gasteiger partial charge in [-0.15, -0.1) is 0 Å². The van der Waals surface area contributed by atoms with Crippen molar-refractivity contribution in [2.24, 2.45) is 0 Å². The highest BCUT2D eigenvalue weighted by molar-refractivity contribution is 9.10. The van der Waals surface area contributed by atoms with Crippen molar-refractivity contribution in [2.45, 2.75) is 31.5 Å². The van der Waals surface area contributed by atoms with Crippen LogP contribution in [0.3, 0.4) is 0 Å². The maximum atomic E-state index is 10.8. The van der Waals surface area contributed by atoms with Gasteiger partial charge in [0.05, 0.1) is 6.10 Å². The number of carbonyl (C=O) groups is 1. The number of aliphatic carboxylic acids is 1. The number of carboxylic acid groups (broad SMARTS) is 1. The Hall–Kier alpha value is -1.07. The topological polar surface area (TPSA) is 66.8 Å². The van der Waals surface area contributed by atoms with Gasteiger partial charge in [-0.2, -0.15) is 0 Å². The van der Waals surface area contributed by atoms with Gasteiger partial charge in [-0.1, -0.05) is 15.9 Å². The Morgan fingerprint density at radius 1 is 1.47 bits per heavy atom. The first-order valence-corrected chi connectivity index (χ1v) is 6.24. The van der Waals surface area contributed by atoms with E-state index in [1.54, 1.807) is 18.2 Å². The second-order valence-electron chi connectivity index (χ2n) is 4.09. The molecule has 1 atom stereocenters. The molecule has 0 saturated heterocycles. The molecule has 1 aromatic carbocycles. The van der Waals surface area contributed by atoms with Crippen LogP contribution in [-0.4, -0.2) is 22.3 Å². The van der Waals surface area contributed by atoms with Crippen LogP contribution in [0, 0.1) is 0 Å². The zero-order chi connectivity index (χ0) is 12.4. The van der Waals surface area contributed by atoms with E-state index in [0.717, 1.165) is 19.3 Å². The Labute approximate surface area is 107 Å². The Balaban J connectivity index is 2.26. The minimum atomic E-state index is -1.55. The summed E-state index contributed by atoms with van der Waals surface area (Å²) >= 11 is 3.25. The zero-order valence-corrected chi connectivity index (χ0v) is 10.7. The number of aliphatic hydroxyl groups is 1. The van der Waals surface area contributed by atoms with Crippen LogP contribution in [0.1, 0.15) is 30.9 Å². The summed E-state index contributed by atoms with van der Waals surface area (Å²) in [5, 5.41) is 18.4. The normalized spacial score (nSPS) is 17.3. The summed E-state index contributed by atoms with van der Waals surface area (Å²) in [5.74, 6) is -0.825. The molecule has 1 aliphatic carbocycles. The average molecular weight is 301 g/mol. The van der Waals surface area contributed by atoms with Gasteiger partial charge in [0, 0.05) is 10.0 Å². The predicted octanol–water partition coefficient (Wildman–Crippen LogP) is 2.50. The standard InChI is InChI=1S/C12H13BrO4/c13-7-4-5-10(17-8-2-1-3-8)9(6-7)11(14)12(15)16/h4-6,8,11,14H,1-3H2,(H,15,16). The maximum Gasteiger partial charge on any atom is 0.337 e. The van der Waals surface area contributed by atoms with E-state index in [1.807, 2.05) is 0 Å². The lowest BCUT2D eigenvalue weighted by Gasteiger charge is -2.28. The largest absolute Gasteiger partial charge is 0.490 e. The molecule has 92 valence electrons. The number of ether oxygens (including phenoxy) is 1. The van der Waals surface area contributed by atoms with E-state index in [1.165, 1.54) is 0 Å². The van der Waals surface area contributed by atoms with Crippen LogP contribution in [0.2, 0.25) is 0 Å². The summed E-state index contributed by atoms with van der Waals surface area (Å²) in [6, 6.07) is 5.03. The second kappa shape index (κ2) is 5.06. The van der Waals surface area contributed by atoms with E-state index < -0.39 is 12.1 Å². The lowest BCUT2D eigenvalue weighted by atomic mass is 9.96. The summed E-state index contributed by atoms with van der Waals surface area (Å²) in [5.41, 5.74) is 0.291. The quantitative estimate of drug-likeness (QED) is 0.896. The smallest absolute Gasteiger partial charge is 0.337 e. The molecule has 2 N–H and O–H groups in total. The Kier molecular flexibility index (Phi) is 3.69. The van der Waals surface area contributed by atoms with Crippen molar-refractivity contribution in [3.63, 3.8) is 0 Å². The number of hydrogen-bond acceptors (Lipinski definition) is 3. The van der Waals surface area contributed by atoms with E-state index in [2.05, 4.69) is 15.9 Å². The molecule has 0 aliphatic heterocycles. The van der Waals surface area contributed by atoms with Crippen LogP contribution in [0.15, 0.2) is 22.7 Å². The number of aliphatic hydroxyl groups excluding tert-OH is 1. The molecule has 5 heteroatoms. The molecule has 1 fully saturated rings. The van der Waals surface area contributed by atoms with Gasteiger partial charge >= 0.3 is 5.97 Å². The lowest BCUT2D eigenvalue weighted by Crippen LogP contribution is -2.25. The second-order valence-corrected chi connectivity index (χ2v) is 5.01. The Bertz CT molecular complexity index is 429. The molecule has 1 aliphatic rings. The number of carboxylic acids is 1. The fourth-order valence-corrected chi connectivity index (χ4v) is 2.02. The number of halogens is 1. The molecule has 0 spiro atoms. The van der Waals surface area contributed by atoms with Crippen molar-refractivity contribution < 1.29 is 19.7 Å². The molecule has 0 radical (unpaired) electrons.